The Morgan fingerprint density at radius 2 is 2.17 bits per heavy atom. The van der Waals surface area contributed by atoms with Gasteiger partial charge in [-0.1, -0.05) is 24.3 Å². The summed E-state index contributed by atoms with van der Waals surface area (Å²) in [6.07, 6.45) is 0.467. The smallest absolute Gasteiger partial charge is 0.220 e. The van der Waals surface area contributed by atoms with E-state index in [0.29, 0.717) is 19.4 Å². The van der Waals surface area contributed by atoms with Crippen LogP contribution >= 0.6 is 0 Å². The number of nitrogens with one attached hydrogen (secondary N) is 1. The topological polar surface area (TPSA) is 58.6 Å². The molecule has 0 bridgehead atoms. The predicted molar refractivity (Wildman–Crippen MR) is 70.3 cm³/mol. The van der Waals surface area contributed by atoms with Crippen LogP contribution in [0.3, 0.4) is 0 Å². The van der Waals surface area contributed by atoms with Crippen molar-refractivity contribution in [3.8, 4) is 0 Å². The molecule has 0 saturated heterocycles. The number of aliphatic hydroxyl groups excluding tert-OH is 1. The number of aryl methyl sites for hydroxylation is 1. The van der Waals surface area contributed by atoms with E-state index in [4.69, 9.17) is 4.74 Å². The highest BCUT2D eigenvalue weighted by atomic mass is 16.5. The van der Waals surface area contributed by atoms with Gasteiger partial charge in [0.15, 0.2) is 0 Å². The van der Waals surface area contributed by atoms with Crippen LogP contribution in [0.1, 0.15) is 30.1 Å². The third-order valence-electron chi connectivity index (χ3n) is 2.79. The molecule has 1 amide bonds. The normalized spacial score (nSPS) is 12.2. The number of amides is 1. The van der Waals surface area contributed by atoms with Gasteiger partial charge in [0.1, 0.15) is 0 Å². The van der Waals surface area contributed by atoms with Gasteiger partial charge in [-0.05, 0) is 24.5 Å². The number of hydrogen-bond acceptors (Lipinski definition) is 3. The first-order valence-electron chi connectivity index (χ1n) is 6.14. The second kappa shape index (κ2) is 7.84. The number of benzene rings is 1. The Morgan fingerprint density at radius 3 is 2.83 bits per heavy atom. The van der Waals surface area contributed by atoms with Crippen molar-refractivity contribution in [2.24, 2.45) is 0 Å². The molecular formula is C14H21NO3. The summed E-state index contributed by atoms with van der Waals surface area (Å²) in [6, 6.07) is 7.62. The van der Waals surface area contributed by atoms with Gasteiger partial charge >= 0.3 is 0 Å². The lowest BCUT2D eigenvalue weighted by Crippen LogP contribution is -2.28. The number of aliphatic hydroxyl groups is 1. The lowest BCUT2D eigenvalue weighted by molar-refractivity contribution is -0.121. The van der Waals surface area contributed by atoms with Crippen LogP contribution < -0.4 is 5.32 Å². The van der Waals surface area contributed by atoms with Gasteiger partial charge in [-0.15, -0.1) is 0 Å². The molecule has 1 atom stereocenters. The van der Waals surface area contributed by atoms with Crippen molar-refractivity contribution in [1.82, 2.24) is 5.32 Å². The van der Waals surface area contributed by atoms with Crippen LogP contribution in [0.2, 0.25) is 0 Å². The molecular weight excluding hydrogens is 230 g/mol. The minimum Gasteiger partial charge on any atom is -0.387 e. The molecule has 1 aromatic carbocycles. The molecule has 4 heteroatoms. The van der Waals surface area contributed by atoms with Gasteiger partial charge in [0, 0.05) is 26.7 Å². The lowest BCUT2D eigenvalue weighted by atomic mass is 10.0. The standard InChI is InChI=1S/C14H21NO3/c1-11-6-3-4-7-12(11)13(16)10-15-14(17)8-5-9-18-2/h3-4,6-7,13,16H,5,8-10H2,1-2H3,(H,15,17). The zero-order valence-corrected chi connectivity index (χ0v) is 11.0. The summed E-state index contributed by atoms with van der Waals surface area (Å²) in [5, 5.41) is 12.7. The van der Waals surface area contributed by atoms with Crippen molar-refractivity contribution in [2.45, 2.75) is 25.9 Å². The summed E-state index contributed by atoms with van der Waals surface area (Å²) in [5.41, 5.74) is 1.88. The van der Waals surface area contributed by atoms with Crippen LogP contribution in [0, 0.1) is 6.92 Å². The van der Waals surface area contributed by atoms with Crippen LogP contribution in [0.15, 0.2) is 24.3 Å². The molecule has 100 valence electrons. The summed E-state index contributed by atoms with van der Waals surface area (Å²) in [4.78, 5) is 11.5. The van der Waals surface area contributed by atoms with Crippen LogP contribution in [0.5, 0.6) is 0 Å². The number of hydrogen-bond donors (Lipinski definition) is 2. The average molecular weight is 251 g/mol. The second-order valence-corrected chi connectivity index (χ2v) is 4.27. The van der Waals surface area contributed by atoms with Gasteiger partial charge in [-0.3, -0.25) is 4.79 Å². The Morgan fingerprint density at radius 1 is 1.44 bits per heavy atom. The van der Waals surface area contributed by atoms with Crippen molar-refractivity contribution < 1.29 is 14.6 Å². The van der Waals surface area contributed by atoms with Gasteiger partial charge in [0.25, 0.3) is 0 Å². The Kier molecular flexibility index (Phi) is 6.39. The minimum absolute atomic E-state index is 0.0558. The summed E-state index contributed by atoms with van der Waals surface area (Å²) >= 11 is 0. The monoisotopic (exact) mass is 251 g/mol. The van der Waals surface area contributed by atoms with Crippen molar-refractivity contribution in [2.75, 3.05) is 20.3 Å². The maximum atomic E-state index is 11.5. The molecule has 0 radical (unpaired) electrons. The molecule has 0 spiro atoms. The molecule has 1 aromatic rings. The molecule has 2 N–H and O–H groups in total. The Bertz CT molecular complexity index is 379. The van der Waals surface area contributed by atoms with Gasteiger partial charge in [0.05, 0.1) is 6.10 Å². The predicted octanol–water partition coefficient (Wildman–Crippen LogP) is 1.57. The molecule has 0 aromatic heterocycles. The highest BCUT2D eigenvalue weighted by Gasteiger charge is 2.11. The van der Waals surface area contributed by atoms with Crippen molar-refractivity contribution >= 4 is 5.91 Å². The fourth-order valence-electron chi connectivity index (χ4n) is 1.75. The molecule has 18 heavy (non-hydrogen) atoms. The highest BCUT2D eigenvalue weighted by molar-refractivity contribution is 5.75. The number of methoxy groups -OCH3 is 1. The summed E-state index contributed by atoms with van der Waals surface area (Å²) in [5.74, 6) is -0.0558. The van der Waals surface area contributed by atoms with E-state index < -0.39 is 6.10 Å². The Labute approximate surface area is 108 Å². The van der Waals surface area contributed by atoms with Crippen LogP contribution in [-0.2, 0) is 9.53 Å². The number of carbonyl (C=O) groups excluding carboxylic acids is 1. The molecule has 0 saturated carbocycles. The van der Waals surface area contributed by atoms with Crippen LogP contribution in [0.25, 0.3) is 0 Å². The zero-order chi connectivity index (χ0) is 13.4. The second-order valence-electron chi connectivity index (χ2n) is 4.27. The van der Waals surface area contributed by atoms with E-state index in [0.717, 1.165) is 11.1 Å². The van der Waals surface area contributed by atoms with E-state index in [1.54, 1.807) is 7.11 Å². The Hall–Kier alpha value is -1.39. The van der Waals surface area contributed by atoms with Crippen molar-refractivity contribution in [3.05, 3.63) is 35.4 Å². The quantitative estimate of drug-likeness (QED) is 0.723. The number of rotatable bonds is 7. The summed E-state index contributed by atoms with van der Waals surface area (Å²) < 4.78 is 4.87. The molecule has 0 fully saturated rings. The zero-order valence-electron chi connectivity index (χ0n) is 11.0. The van der Waals surface area contributed by atoms with E-state index in [1.165, 1.54) is 0 Å². The molecule has 1 unspecified atom stereocenters. The first-order valence-corrected chi connectivity index (χ1v) is 6.14. The molecule has 4 nitrogen and oxygen atoms in total. The molecule has 1 rings (SSSR count). The first-order chi connectivity index (χ1) is 8.65. The highest BCUT2D eigenvalue weighted by Crippen LogP contribution is 2.16. The summed E-state index contributed by atoms with van der Waals surface area (Å²) in [6.45, 7) is 2.77. The fourth-order valence-corrected chi connectivity index (χ4v) is 1.75. The minimum atomic E-state index is -0.655. The van der Waals surface area contributed by atoms with Gasteiger partial charge in [-0.25, -0.2) is 0 Å². The van der Waals surface area contributed by atoms with E-state index >= 15 is 0 Å². The van der Waals surface area contributed by atoms with E-state index in [9.17, 15) is 9.90 Å². The summed E-state index contributed by atoms with van der Waals surface area (Å²) in [7, 11) is 1.61. The van der Waals surface area contributed by atoms with Gasteiger partial charge in [0.2, 0.25) is 5.91 Å². The maximum Gasteiger partial charge on any atom is 0.220 e. The van der Waals surface area contributed by atoms with Gasteiger partial charge in [-0.2, -0.15) is 0 Å². The third kappa shape index (κ3) is 4.85. The average Bonchev–Trinajstić information content (AvgIpc) is 2.37. The van der Waals surface area contributed by atoms with Crippen molar-refractivity contribution in [1.29, 1.82) is 0 Å². The van der Waals surface area contributed by atoms with E-state index in [-0.39, 0.29) is 12.5 Å². The largest absolute Gasteiger partial charge is 0.387 e. The van der Waals surface area contributed by atoms with Crippen molar-refractivity contribution in [3.63, 3.8) is 0 Å². The Balaban J connectivity index is 2.35. The van der Waals surface area contributed by atoms with Gasteiger partial charge < -0.3 is 15.2 Å². The van der Waals surface area contributed by atoms with Crippen LogP contribution in [0.4, 0.5) is 0 Å². The van der Waals surface area contributed by atoms with E-state index in [2.05, 4.69) is 5.32 Å². The molecule has 0 aliphatic rings. The third-order valence-corrected chi connectivity index (χ3v) is 2.79. The molecule has 0 heterocycles. The number of ether oxygens (including phenoxy) is 1. The fraction of sp³-hybridized carbons (Fsp3) is 0.500. The van der Waals surface area contributed by atoms with Crippen LogP contribution in [-0.4, -0.2) is 31.3 Å². The maximum absolute atomic E-state index is 11.5. The lowest BCUT2D eigenvalue weighted by Gasteiger charge is -2.14. The first kappa shape index (κ1) is 14.7. The molecule has 0 aliphatic carbocycles. The molecule has 0 aliphatic heterocycles. The number of carbonyl (C=O) groups is 1. The SMILES string of the molecule is COCCCC(=O)NCC(O)c1ccccc1C. The van der Waals surface area contributed by atoms with E-state index in [1.807, 2.05) is 31.2 Å².